The van der Waals surface area contributed by atoms with E-state index in [1.165, 1.54) is 4.91 Å². The summed E-state index contributed by atoms with van der Waals surface area (Å²) in [4.78, 5) is 12.4. The number of carbonyl (C=O) groups is 1. The molecular formula is C16H27NOS. The number of thioether (sulfide) groups is 1. The SMILES string of the molecule is C=C(CC(C)C)SCCC(=C)C(=C)CCC(=O)NC. The molecule has 0 atom stereocenters. The third kappa shape index (κ3) is 9.60. The van der Waals surface area contributed by atoms with Crippen LogP contribution in [0.1, 0.15) is 39.5 Å². The van der Waals surface area contributed by atoms with E-state index < -0.39 is 0 Å². The predicted molar refractivity (Wildman–Crippen MR) is 87.3 cm³/mol. The number of allylic oxidation sites excluding steroid dienone is 3. The summed E-state index contributed by atoms with van der Waals surface area (Å²) < 4.78 is 0. The molecule has 108 valence electrons. The number of nitrogens with one attached hydrogen (secondary N) is 1. The molecule has 1 N–H and O–H groups in total. The highest BCUT2D eigenvalue weighted by Crippen LogP contribution is 2.25. The Morgan fingerprint density at radius 3 is 2.21 bits per heavy atom. The summed E-state index contributed by atoms with van der Waals surface area (Å²) in [6, 6.07) is 0. The van der Waals surface area contributed by atoms with Crippen molar-refractivity contribution in [3.05, 3.63) is 35.8 Å². The fourth-order valence-electron chi connectivity index (χ4n) is 1.58. The molecule has 0 radical (unpaired) electrons. The van der Waals surface area contributed by atoms with Gasteiger partial charge in [-0.2, -0.15) is 0 Å². The molecule has 2 nitrogen and oxygen atoms in total. The zero-order valence-electron chi connectivity index (χ0n) is 12.6. The lowest BCUT2D eigenvalue weighted by atomic mass is 10.0. The van der Waals surface area contributed by atoms with Gasteiger partial charge in [-0.1, -0.05) is 44.7 Å². The van der Waals surface area contributed by atoms with Gasteiger partial charge in [-0.05, 0) is 30.1 Å². The van der Waals surface area contributed by atoms with Crippen molar-refractivity contribution in [1.82, 2.24) is 5.32 Å². The summed E-state index contributed by atoms with van der Waals surface area (Å²) in [6.45, 7) is 16.5. The van der Waals surface area contributed by atoms with Crippen molar-refractivity contribution in [2.24, 2.45) is 5.92 Å². The molecule has 0 spiro atoms. The van der Waals surface area contributed by atoms with Crippen LogP contribution in [0.3, 0.4) is 0 Å². The minimum atomic E-state index is 0.0497. The van der Waals surface area contributed by atoms with Crippen LogP contribution in [0.2, 0.25) is 0 Å². The number of amides is 1. The quantitative estimate of drug-likeness (QED) is 0.605. The molecule has 0 aromatic carbocycles. The van der Waals surface area contributed by atoms with E-state index in [0.717, 1.165) is 29.7 Å². The van der Waals surface area contributed by atoms with Gasteiger partial charge in [0.15, 0.2) is 0 Å². The van der Waals surface area contributed by atoms with Crippen LogP contribution >= 0.6 is 11.8 Å². The first kappa shape index (κ1) is 18.0. The Morgan fingerprint density at radius 2 is 1.68 bits per heavy atom. The minimum Gasteiger partial charge on any atom is -0.359 e. The fraction of sp³-hybridized carbons (Fsp3) is 0.562. The normalized spacial score (nSPS) is 10.3. The summed E-state index contributed by atoms with van der Waals surface area (Å²) in [7, 11) is 1.65. The Hall–Kier alpha value is -0.960. The van der Waals surface area contributed by atoms with Crippen LogP contribution in [0.4, 0.5) is 0 Å². The first-order valence-electron chi connectivity index (χ1n) is 6.73. The summed E-state index contributed by atoms with van der Waals surface area (Å²) in [6.07, 6.45) is 3.15. The zero-order chi connectivity index (χ0) is 14.8. The van der Waals surface area contributed by atoms with Crippen LogP contribution in [0.25, 0.3) is 0 Å². The van der Waals surface area contributed by atoms with E-state index in [-0.39, 0.29) is 5.91 Å². The van der Waals surface area contributed by atoms with Gasteiger partial charge in [-0.25, -0.2) is 0 Å². The Balaban J connectivity index is 3.82. The van der Waals surface area contributed by atoms with Crippen molar-refractivity contribution in [1.29, 1.82) is 0 Å². The molecule has 0 heterocycles. The largest absolute Gasteiger partial charge is 0.359 e. The van der Waals surface area contributed by atoms with E-state index >= 15 is 0 Å². The van der Waals surface area contributed by atoms with Crippen LogP contribution in [0.5, 0.6) is 0 Å². The second-order valence-electron chi connectivity index (χ2n) is 5.12. The highest BCUT2D eigenvalue weighted by Gasteiger charge is 2.05. The monoisotopic (exact) mass is 281 g/mol. The maximum atomic E-state index is 11.1. The van der Waals surface area contributed by atoms with Gasteiger partial charge in [-0.3, -0.25) is 4.79 Å². The molecule has 3 heteroatoms. The number of carbonyl (C=O) groups excluding carboxylic acids is 1. The van der Waals surface area contributed by atoms with E-state index in [1.807, 2.05) is 0 Å². The Bertz CT molecular complexity index is 345. The van der Waals surface area contributed by atoms with Crippen LogP contribution in [0, 0.1) is 5.92 Å². The molecule has 0 aliphatic carbocycles. The summed E-state index contributed by atoms with van der Waals surface area (Å²) in [5.41, 5.74) is 2.03. The molecule has 1 amide bonds. The average Bonchev–Trinajstić information content (AvgIpc) is 2.34. The van der Waals surface area contributed by atoms with Gasteiger partial charge < -0.3 is 5.32 Å². The highest BCUT2D eigenvalue weighted by molar-refractivity contribution is 8.03. The van der Waals surface area contributed by atoms with E-state index in [4.69, 9.17) is 0 Å². The highest BCUT2D eigenvalue weighted by atomic mass is 32.2. The van der Waals surface area contributed by atoms with Crippen LogP contribution in [-0.2, 0) is 4.79 Å². The lowest BCUT2D eigenvalue weighted by Crippen LogP contribution is -2.17. The number of hydrogen-bond acceptors (Lipinski definition) is 2. The van der Waals surface area contributed by atoms with Crippen molar-refractivity contribution in [3.8, 4) is 0 Å². The van der Waals surface area contributed by atoms with Gasteiger partial charge >= 0.3 is 0 Å². The topological polar surface area (TPSA) is 29.1 Å². The van der Waals surface area contributed by atoms with Crippen LogP contribution in [-0.4, -0.2) is 18.7 Å². The van der Waals surface area contributed by atoms with Gasteiger partial charge in [0.05, 0.1) is 0 Å². The molecule has 19 heavy (non-hydrogen) atoms. The minimum absolute atomic E-state index is 0.0497. The third-order valence-corrected chi connectivity index (χ3v) is 3.76. The van der Waals surface area contributed by atoms with Crippen molar-refractivity contribution in [3.63, 3.8) is 0 Å². The van der Waals surface area contributed by atoms with E-state index in [9.17, 15) is 4.79 Å². The molecule has 0 saturated carbocycles. The van der Waals surface area contributed by atoms with E-state index in [1.54, 1.807) is 18.8 Å². The fourth-order valence-corrected chi connectivity index (χ4v) is 2.66. The number of hydrogen-bond donors (Lipinski definition) is 1. The summed E-state index contributed by atoms with van der Waals surface area (Å²) in [5.74, 6) is 1.70. The second kappa shape index (κ2) is 9.90. The Morgan fingerprint density at radius 1 is 1.11 bits per heavy atom. The summed E-state index contributed by atoms with van der Waals surface area (Å²) in [5, 5.41) is 2.61. The van der Waals surface area contributed by atoms with E-state index in [2.05, 4.69) is 38.9 Å². The maximum Gasteiger partial charge on any atom is 0.220 e. The molecule has 0 bridgehead atoms. The van der Waals surface area contributed by atoms with Gasteiger partial charge in [0.25, 0.3) is 0 Å². The molecular weight excluding hydrogens is 254 g/mol. The molecule has 0 fully saturated rings. The lowest BCUT2D eigenvalue weighted by Gasteiger charge is -2.11. The first-order chi connectivity index (χ1) is 8.86. The van der Waals surface area contributed by atoms with Crippen molar-refractivity contribution in [2.75, 3.05) is 12.8 Å². The zero-order valence-corrected chi connectivity index (χ0v) is 13.4. The summed E-state index contributed by atoms with van der Waals surface area (Å²) >= 11 is 1.80. The van der Waals surface area contributed by atoms with Crippen LogP contribution in [0.15, 0.2) is 35.8 Å². The predicted octanol–water partition coefficient (Wildman–Crippen LogP) is 4.31. The standard InChI is InChI=1S/C16H27NOS/c1-12(2)11-15(5)19-10-9-14(4)13(3)7-8-16(18)17-6/h12H,3-5,7-11H2,1-2,6H3,(H,17,18). The third-order valence-electron chi connectivity index (χ3n) is 2.78. The van der Waals surface area contributed by atoms with Gasteiger partial charge in [0.1, 0.15) is 0 Å². The molecule has 0 saturated heterocycles. The van der Waals surface area contributed by atoms with Gasteiger partial charge in [0, 0.05) is 19.2 Å². The van der Waals surface area contributed by atoms with Gasteiger partial charge in [0.2, 0.25) is 5.91 Å². The molecule has 0 aliphatic heterocycles. The van der Waals surface area contributed by atoms with E-state index in [0.29, 0.717) is 18.8 Å². The molecule has 0 aliphatic rings. The molecule has 0 aromatic rings. The smallest absolute Gasteiger partial charge is 0.220 e. The second-order valence-corrected chi connectivity index (χ2v) is 6.39. The lowest BCUT2D eigenvalue weighted by molar-refractivity contribution is -0.120. The maximum absolute atomic E-state index is 11.1. The Kier molecular flexibility index (Phi) is 9.40. The molecule has 0 rings (SSSR count). The average molecular weight is 281 g/mol. The van der Waals surface area contributed by atoms with Crippen molar-refractivity contribution in [2.45, 2.75) is 39.5 Å². The van der Waals surface area contributed by atoms with Gasteiger partial charge in [-0.15, -0.1) is 11.8 Å². The van der Waals surface area contributed by atoms with Crippen molar-refractivity contribution >= 4 is 17.7 Å². The van der Waals surface area contributed by atoms with Crippen molar-refractivity contribution < 1.29 is 4.79 Å². The first-order valence-corrected chi connectivity index (χ1v) is 7.72. The molecule has 0 aromatic heterocycles. The number of rotatable bonds is 10. The Labute approximate surface area is 122 Å². The van der Waals surface area contributed by atoms with Crippen LogP contribution < -0.4 is 5.32 Å². The molecule has 0 unspecified atom stereocenters.